The number of rotatable bonds is 1. The fourth-order valence-electron chi connectivity index (χ4n) is 1.12. The molecule has 0 amide bonds. The molecule has 3 N–H and O–H groups in total. The molecular weight excluding hydrogens is 133 g/mol. The molecule has 1 heterocycles. The summed E-state index contributed by atoms with van der Waals surface area (Å²) in [5, 5.41) is 7.14. The molecule has 0 aromatic carbocycles. The average molecular weight is 145 g/mol. The fraction of sp³-hybridized carbons (Fsp3) is 0.800. The maximum atomic E-state index is 7.14. The van der Waals surface area contributed by atoms with Gasteiger partial charge in [-0.2, -0.15) is 0 Å². The summed E-state index contributed by atoms with van der Waals surface area (Å²) in [7, 11) is 2.59. The van der Waals surface area contributed by atoms with Crippen molar-refractivity contribution in [1.82, 2.24) is 4.67 Å². The van der Waals surface area contributed by atoms with Crippen LogP contribution in [0.2, 0.25) is 0 Å². The van der Waals surface area contributed by atoms with Crippen molar-refractivity contribution in [3.8, 4) is 0 Å². The molecule has 0 aromatic rings. The molecule has 0 spiro atoms. The minimum atomic E-state index is 0.190. The number of nitrogens with zero attached hydrogens (tertiary/aromatic N) is 1. The Hall–Kier alpha value is -0.140. The van der Waals surface area contributed by atoms with Crippen LogP contribution >= 0.6 is 9.39 Å². The smallest absolute Gasteiger partial charge is 0.109 e. The highest BCUT2D eigenvalue weighted by Gasteiger charge is 2.22. The van der Waals surface area contributed by atoms with Crippen molar-refractivity contribution in [1.29, 1.82) is 5.41 Å². The zero-order valence-corrected chi connectivity index (χ0v) is 6.46. The zero-order chi connectivity index (χ0) is 6.85. The molecule has 1 aliphatic heterocycles. The van der Waals surface area contributed by atoms with Gasteiger partial charge in [-0.3, -0.25) is 10.1 Å². The molecular formula is C5H12N3P. The molecule has 0 bridgehead atoms. The standard InChI is InChI=1S/C5H12N3P/c6-5(7)4-2-1-3-8(4)9/h4H,1-3,9H2,(H3,6,7)/t4-/m0/s1. The summed E-state index contributed by atoms with van der Waals surface area (Å²) in [6.45, 7) is 1.05. The molecule has 1 fully saturated rings. The van der Waals surface area contributed by atoms with Gasteiger partial charge in [0.1, 0.15) is 5.84 Å². The van der Waals surface area contributed by atoms with E-state index in [-0.39, 0.29) is 6.04 Å². The number of hydrogen-bond donors (Lipinski definition) is 2. The van der Waals surface area contributed by atoms with E-state index in [1.54, 1.807) is 0 Å². The second-order valence-corrected chi connectivity index (χ2v) is 3.01. The van der Waals surface area contributed by atoms with Crippen molar-refractivity contribution in [3.63, 3.8) is 0 Å². The van der Waals surface area contributed by atoms with Crippen LogP contribution in [0, 0.1) is 5.41 Å². The first-order valence-electron chi connectivity index (χ1n) is 3.07. The van der Waals surface area contributed by atoms with Gasteiger partial charge in [0.15, 0.2) is 0 Å². The lowest BCUT2D eigenvalue weighted by Gasteiger charge is -2.16. The minimum absolute atomic E-state index is 0.190. The van der Waals surface area contributed by atoms with Crippen LogP contribution in [0.1, 0.15) is 12.8 Å². The van der Waals surface area contributed by atoms with Gasteiger partial charge in [-0.05, 0) is 12.8 Å². The van der Waals surface area contributed by atoms with Crippen LogP contribution in [0.15, 0.2) is 0 Å². The molecule has 3 nitrogen and oxygen atoms in total. The van der Waals surface area contributed by atoms with E-state index in [1.165, 1.54) is 0 Å². The fourth-order valence-corrected chi connectivity index (χ4v) is 1.62. The Morgan fingerprint density at radius 2 is 2.44 bits per heavy atom. The van der Waals surface area contributed by atoms with Crippen LogP contribution in [-0.2, 0) is 0 Å². The molecule has 9 heavy (non-hydrogen) atoms. The third kappa shape index (κ3) is 1.41. The Bertz CT molecular complexity index is 125. The monoisotopic (exact) mass is 145 g/mol. The molecule has 52 valence electrons. The number of nitrogens with one attached hydrogen (secondary N) is 1. The largest absolute Gasteiger partial charge is 0.386 e. The molecule has 0 aromatic heterocycles. The van der Waals surface area contributed by atoms with Crippen molar-refractivity contribution >= 4 is 15.2 Å². The topological polar surface area (TPSA) is 53.1 Å². The van der Waals surface area contributed by atoms with Crippen LogP contribution in [0.5, 0.6) is 0 Å². The van der Waals surface area contributed by atoms with Gasteiger partial charge < -0.3 is 5.73 Å². The van der Waals surface area contributed by atoms with Gasteiger partial charge in [0, 0.05) is 6.54 Å². The first kappa shape index (κ1) is 6.97. The van der Waals surface area contributed by atoms with E-state index in [2.05, 4.69) is 9.39 Å². The number of nitrogens with two attached hydrogens (primary N) is 1. The Labute approximate surface area is 57.4 Å². The van der Waals surface area contributed by atoms with Gasteiger partial charge in [-0.15, -0.1) is 0 Å². The average Bonchev–Trinajstić information content (AvgIpc) is 2.13. The van der Waals surface area contributed by atoms with Crippen molar-refractivity contribution in [3.05, 3.63) is 0 Å². The highest BCUT2D eigenvalue weighted by atomic mass is 31.0. The van der Waals surface area contributed by atoms with Gasteiger partial charge in [0.2, 0.25) is 0 Å². The molecule has 4 heteroatoms. The molecule has 1 unspecified atom stereocenters. The molecule has 1 rings (SSSR count). The first-order chi connectivity index (χ1) is 4.22. The highest BCUT2D eigenvalue weighted by molar-refractivity contribution is 7.13. The summed E-state index contributed by atoms with van der Waals surface area (Å²) in [5.41, 5.74) is 5.32. The van der Waals surface area contributed by atoms with Crippen molar-refractivity contribution in [2.45, 2.75) is 18.9 Å². The lowest BCUT2D eigenvalue weighted by atomic mass is 10.2. The molecule has 0 saturated carbocycles. The van der Waals surface area contributed by atoms with E-state index in [0.29, 0.717) is 5.84 Å². The van der Waals surface area contributed by atoms with Gasteiger partial charge >= 0.3 is 0 Å². The molecule has 1 saturated heterocycles. The van der Waals surface area contributed by atoms with Crippen LogP contribution in [-0.4, -0.2) is 23.1 Å². The maximum absolute atomic E-state index is 7.14. The maximum Gasteiger partial charge on any atom is 0.109 e. The predicted molar refractivity (Wildman–Crippen MR) is 41.4 cm³/mol. The quantitative estimate of drug-likeness (QED) is 0.314. The summed E-state index contributed by atoms with van der Waals surface area (Å²) >= 11 is 0. The Balaban J connectivity index is 2.49. The summed E-state index contributed by atoms with van der Waals surface area (Å²) in [6, 6.07) is 0.190. The van der Waals surface area contributed by atoms with E-state index >= 15 is 0 Å². The highest BCUT2D eigenvalue weighted by Crippen LogP contribution is 2.19. The van der Waals surface area contributed by atoms with E-state index in [4.69, 9.17) is 11.1 Å². The third-order valence-electron chi connectivity index (χ3n) is 1.65. The molecule has 0 radical (unpaired) electrons. The van der Waals surface area contributed by atoms with Crippen molar-refractivity contribution in [2.75, 3.05) is 6.54 Å². The first-order valence-corrected chi connectivity index (χ1v) is 3.58. The van der Waals surface area contributed by atoms with E-state index in [0.717, 1.165) is 19.4 Å². The van der Waals surface area contributed by atoms with Crippen LogP contribution in [0.25, 0.3) is 0 Å². The summed E-state index contributed by atoms with van der Waals surface area (Å²) < 4.78 is 2.04. The van der Waals surface area contributed by atoms with Crippen LogP contribution < -0.4 is 5.73 Å². The second-order valence-electron chi connectivity index (χ2n) is 2.35. The Kier molecular flexibility index (Phi) is 2.04. The minimum Gasteiger partial charge on any atom is -0.386 e. The van der Waals surface area contributed by atoms with Gasteiger partial charge in [-0.25, -0.2) is 0 Å². The van der Waals surface area contributed by atoms with Gasteiger partial charge in [0.25, 0.3) is 0 Å². The predicted octanol–water partition coefficient (Wildman–Crippen LogP) is 0.177. The van der Waals surface area contributed by atoms with E-state index in [1.807, 2.05) is 4.67 Å². The molecule has 1 aliphatic rings. The van der Waals surface area contributed by atoms with Crippen LogP contribution in [0.3, 0.4) is 0 Å². The number of hydrogen-bond acceptors (Lipinski definition) is 2. The normalized spacial score (nSPS) is 28.8. The van der Waals surface area contributed by atoms with E-state index in [9.17, 15) is 0 Å². The Morgan fingerprint density at radius 3 is 2.67 bits per heavy atom. The lowest BCUT2D eigenvalue weighted by molar-refractivity contribution is 0.522. The van der Waals surface area contributed by atoms with E-state index < -0.39 is 0 Å². The SMILES string of the molecule is N=C(N)[C@@H]1CCCN1P. The number of amidine groups is 1. The zero-order valence-electron chi connectivity index (χ0n) is 5.30. The lowest BCUT2D eigenvalue weighted by Crippen LogP contribution is -2.33. The Morgan fingerprint density at radius 1 is 1.78 bits per heavy atom. The van der Waals surface area contributed by atoms with Crippen molar-refractivity contribution < 1.29 is 0 Å². The third-order valence-corrected chi connectivity index (χ3v) is 2.27. The van der Waals surface area contributed by atoms with Gasteiger partial charge in [0.05, 0.1) is 6.04 Å². The molecule has 2 atom stereocenters. The summed E-state index contributed by atoms with van der Waals surface area (Å²) in [6.07, 6.45) is 2.20. The summed E-state index contributed by atoms with van der Waals surface area (Å²) in [5.74, 6) is 0.294. The molecule has 0 aliphatic carbocycles. The summed E-state index contributed by atoms with van der Waals surface area (Å²) in [4.78, 5) is 0. The van der Waals surface area contributed by atoms with Gasteiger partial charge in [-0.1, -0.05) is 9.39 Å². The van der Waals surface area contributed by atoms with Crippen LogP contribution in [0.4, 0.5) is 0 Å². The van der Waals surface area contributed by atoms with Crippen molar-refractivity contribution in [2.24, 2.45) is 5.73 Å². The second kappa shape index (κ2) is 2.63.